The van der Waals surface area contributed by atoms with E-state index >= 15 is 0 Å². The van der Waals surface area contributed by atoms with Gasteiger partial charge >= 0.3 is 0 Å². The van der Waals surface area contributed by atoms with Crippen molar-refractivity contribution in [1.82, 2.24) is 20.0 Å². The molecule has 1 N–H and O–H groups in total. The molecule has 0 unspecified atom stereocenters. The second kappa shape index (κ2) is 7.88. The number of aryl methyl sites for hydroxylation is 1. The quantitative estimate of drug-likeness (QED) is 0.239. The van der Waals surface area contributed by atoms with Gasteiger partial charge in [0.25, 0.3) is 0 Å². The molecule has 6 nitrogen and oxygen atoms in total. The first-order chi connectivity index (χ1) is 17.1. The van der Waals surface area contributed by atoms with E-state index in [1.165, 1.54) is 32.9 Å². The van der Waals surface area contributed by atoms with Crippen molar-refractivity contribution >= 4 is 22.2 Å². The smallest absolute Gasteiger partial charge is 0.104 e. The predicted molar refractivity (Wildman–Crippen MR) is 141 cm³/mol. The van der Waals surface area contributed by atoms with Gasteiger partial charge in [0, 0.05) is 50.9 Å². The third kappa shape index (κ3) is 3.54. The van der Waals surface area contributed by atoms with E-state index in [9.17, 15) is 5.21 Å². The van der Waals surface area contributed by atoms with Crippen LogP contribution in [0.15, 0.2) is 54.7 Å². The highest BCUT2D eigenvalue weighted by atomic mass is 32.1. The number of rotatable bonds is 4. The van der Waals surface area contributed by atoms with E-state index in [4.69, 9.17) is 5.10 Å². The normalized spacial score (nSPS) is 16.5. The van der Waals surface area contributed by atoms with Gasteiger partial charge in [0.15, 0.2) is 0 Å². The molecule has 2 aliphatic rings. The van der Waals surface area contributed by atoms with Crippen LogP contribution in [0.2, 0.25) is 0 Å². The Kier molecular flexibility index (Phi) is 4.74. The molecule has 7 heteroatoms. The highest BCUT2D eigenvalue weighted by Crippen LogP contribution is 2.46. The number of aromatic nitrogens is 4. The first-order valence-electron chi connectivity index (χ1n) is 12.4. The van der Waals surface area contributed by atoms with Crippen molar-refractivity contribution in [2.45, 2.75) is 32.2 Å². The van der Waals surface area contributed by atoms with Crippen molar-refractivity contribution in [3.05, 3.63) is 75.9 Å². The van der Waals surface area contributed by atoms with Crippen LogP contribution in [-0.4, -0.2) is 37.7 Å². The van der Waals surface area contributed by atoms with E-state index in [1.54, 1.807) is 0 Å². The fourth-order valence-electron chi connectivity index (χ4n) is 5.72. The van der Waals surface area contributed by atoms with E-state index in [2.05, 4.69) is 58.7 Å². The van der Waals surface area contributed by atoms with Gasteiger partial charge in [-0.05, 0) is 37.0 Å². The zero-order valence-corrected chi connectivity index (χ0v) is 20.6. The number of hydrogen-bond acceptors (Lipinski definition) is 4. The molecule has 176 valence electrons. The molecule has 0 atom stereocenters. The van der Waals surface area contributed by atoms with Crippen LogP contribution in [0.5, 0.6) is 0 Å². The lowest BCUT2D eigenvalue weighted by Gasteiger charge is -2.45. The summed E-state index contributed by atoms with van der Waals surface area (Å²) < 4.78 is 1.84. The summed E-state index contributed by atoms with van der Waals surface area (Å²) in [7, 11) is 1.97. The van der Waals surface area contributed by atoms with Gasteiger partial charge in [0.05, 0.1) is 36.2 Å². The zero-order valence-electron chi connectivity index (χ0n) is 19.8. The lowest BCUT2D eigenvalue weighted by Crippen LogP contribution is -2.45. The van der Waals surface area contributed by atoms with Crippen molar-refractivity contribution in [2.75, 3.05) is 13.1 Å². The topological polar surface area (TPSA) is 69.6 Å². The molecule has 0 saturated carbocycles. The maximum absolute atomic E-state index is 13.0. The van der Waals surface area contributed by atoms with Crippen molar-refractivity contribution in [3.8, 4) is 33.0 Å². The van der Waals surface area contributed by atoms with E-state index in [1.807, 2.05) is 29.3 Å². The van der Waals surface area contributed by atoms with Gasteiger partial charge in [-0.2, -0.15) is 10.2 Å². The number of piperidine rings is 1. The van der Waals surface area contributed by atoms with Gasteiger partial charge in [-0.3, -0.25) is 9.78 Å². The monoisotopic (exact) mass is 481 g/mol. The Balaban J connectivity index is 1.15. The fourth-order valence-corrected chi connectivity index (χ4v) is 6.90. The average molecular weight is 482 g/mol. The molecule has 3 aromatic heterocycles. The minimum atomic E-state index is -0.0644. The van der Waals surface area contributed by atoms with Crippen molar-refractivity contribution in [1.29, 1.82) is 0 Å². The number of nitrogens with zero attached hydrogens (tertiary/aromatic N) is 4. The van der Waals surface area contributed by atoms with Gasteiger partial charge in [-0.15, -0.1) is 11.3 Å². The predicted octanol–water partition coefficient (Wildman–Crippen LogP) is 6.26. The largest absolute Gasteiger partial charge is 0.633 e. The van der Waals surface area contributed by atoms with E-state index in [0.29, 0.717) is 6.54 Å². The molecular weight excluding hydrogens is 454 g/mol. The number of benzene rings is 2. The van der Waals surface area contributed by atoms with Gasteiger partial charge in [0.1, 0.15) is 6.54 Å². The van der Waals surface area contributed by atoms with Crippen LogP contribution >= 0.6 is 11.3 Å². The maximum atomic E-state index is 13.0. The number of nitrogens with one attached hydrogen (secondary N) is 1. The van der Waals surface area contributed by atoms with E-state index in [0.717, 1.165) is 65.8 Å². The Morgan fingerprint density at radius 1 is 1.03 bits per heavy atom. The number of thiophene rings is 1. The third-order valence-corrected chi connectivity index (χ3v) is 8.83. The summed E-state index contributed by atoms with van der Waals surface area (Å²) in [4.78, 5) is 2.65. The number of aromatic amines is 1. The van der Waals surface area contributed by atoms with Gasteiger partial charge in [0.2, 0.25) is 0 Å². The van der Waals surface area contributed by atoms with Gasteiger partial charge in [-0.25, -0.2) is 0 Å². The number of quaternary nitrogens is 1. The third-order valence-electron chi connectivity index (χ3n) is 7.65. The number of hydroxylamine groups is 3. The molecule has 1 aliphatic heterocycles. The molecule has 5 aromatic rings. The summed E-state index contributed by atoms with van der Waals surface area (Å²) in [5.41, 5.74) is 9.31. The Morgan fingerprint density at radius 3 is 2.66 bits per heavy atom. The van der Waals surface area contributed by atoms with Crippen LogP contribution in [0.1, 0.15) is 35.3 Å². The molecule has 1 aliphatic carbocycles. The van der Waals surface area contributed by atoms with Crippen LogP contribution in [0.4, 0.5) is 0 Å². The van der Waals surface area contributed by atoms with E-state index < -0.39 is 0 Å². The van der Waals surface area contributed by atoms with Crippen molar-refractivity contribution < 1.29 is 4.65 Å². The molecule has 0 spiro atoms. The SMILES string of the molecule is Cn1ncc2ccc(-c3n[nH]c4c3Cc3sc(-c5ccc(C[N+]6([O-])CCCCC6)cc5)cc3-4)cc21. The first kappa shape index (κ1) is 21.1. The molecule has 1 fully saturated rings. The minimum Gasteiger partial charge on any atom is -0.633 e. The number of H-pyrrole nitrogens is 1. The Hall–Kier alpha value is -3.26. The minimum absolute atomic E-state index is 0.0644. The lowest BCUT2D eigenvalue weighted by molar-refractivity contribution is -0.898. The Morgan fingerprint density at radius 2 is 1.83 bits per heavy atom. The molecule has 7 rings (SSSR count). The average Bonchev–Trinajstić information content (AvgIpc) is 3.61. The molecule has 1 saturated heterocycles. The van der Waals surface area contributed by atoms with Crippen molar-refractivity contribution in [3.63, 3.8) is 0 Å². The zero-order chi connectivity index (χ0) is 23.6. The second-order valence-corrected chi connectivity index (χ2v) is 11.1. The summed E-state index contributed by atoms with van der Waals surface area (Å²) in [6.45, 7) is 2.10. The van der Waals surface area contributed by atoms with Gasteiger partial charge < -0.3 is 9.85 Å². The second-order valence-electron chi connectivity index (χ2n) is 10.0. The summed E-state index contributed by atoms with van der Waals surface area (Å²) in [5.74, 6) is 0. The van der Waals surface area contributed by atoms with Crippen LogP contribution in [0.3, 0.4) is 0 Å². The lowest BCUT2D eigenvalue weighted by atomic mass is 10.0. The van der Waals surface area contributed by atoms with E-state index in [-0.39, 0.29) is 4.65 Å². The summed E-state index contributed by atoms with van der Waals surface area (Å²) in [6.07, 6.45) is 6.10. The molecule has 2 aromatic carbocycles. The van der Waals surface area contributed by atoms with Crippen LogP contribution in [0, 0.1) is 5.21 Å². The fraction of sp³-hybridized carbons (Fsp3) is 0.286. The van der Waals surface area contributed by atoms with Crippen molar-refractivity contribution in [2.24, 2.45) is 7.05 Å². The van der Waals surface area contributed by atoms with Gasteiger partial charge in [-0.1, -0.05) is 36.4 Å². The highest BCUT2D eigenvalue weighted by Gasteiger charge is 2.28. The first-order valence-corrected chi connectivity index (χ1v) is 13.2. The number of hydrogen-bond donors (Lipinski definition) is 1. The van der Waals surface area contributed by atoms with Crippen LogP contribution in [0.25, 0.3) is 43.9 Å². The van der Waals surface area contributed by atoms with Crippen LogP contribution < -0.4 is 0 Å². The summed E-state index contributed by atoms with van der Waals surface area (Å²) >= 11 is 1.86. The standard InChI is InChI=1S/C28H27N5OS/c1-32-24-13-20(9-10-21(24)16-29-32)27-23-15-26-22(28(23)31-30-27)14-25(35-26)19-7-5-18(6-8-19)17-33(34)11-3-2-4-12-33/h5-10,13-14,16H,2-4,11-12,15,17H2,1H3,(H,30,31). The highest BCUT2D eigenvalue weighted by molar-refractivity contribution is 7.16. The summed E-state index contributed by atoms with van der Waals surface area (Å²) in [5, 5.41) is 26.5. The molecule has 4 heterocycles. The number of fused-ring (bicyclic) bond motifs is 4. The molecule has 0 amide bonds. The molecular formula is C28H27N5OS. The number of likely N-dealkylation sites (tertiary alicyclic amines) is 1. The molecule has 0 radical (unpaired) electrons. The molecule has 35 heavy (non-hydrogen) atoms. The molecule has 0 bridgehead atoms. The summed E-state index contributed by atoms with van der Waals surface area (Å²) in [6, 6.07) is 17.4. The Labute approximate surface area is 208 Å². The Bertz CT molecular complexity index is 1550. The maximum Gasteiger partial charge on any atom is 0.104 e. The van der Waals surface area contributed by atoms with Crippen LogP contribution in [-0.2, 0) is 20.0 Å².